The number of amides is 1. The highest BCUT2D eigenvalue weighted by Crippen LogP contribution is 2.22. The Hall–Kier alpha value is -1.98. The Balaban J connectivity index is 1.95. The molecule has 9 nitrogen and oxygen atoms in total. The largest absolute Gasteiger partial charge is 0.452 e. The number of carbonyl (C=O) groups excluding carboxylic acids is 2. The summed E-state index contributed by atoms with van der Waals surface area (Å²) < 4.78 is 54.3. The topological polar surface area (TPSA) is 127 Å². The van der Waals surface area contributed by atoms with Crippen LogP contribution in [0.2, 0.25) is 0 Å². The zero-order valence-corrected chi connectivity index (χ0v) is 18.3. The summed E-state index contributed by atoms with van der Waals surface area (Å²) in [4.78, 5) is 24.2. The number of sulfone groups is 1. The first-order valence-electron chi connectivity index (χ1n) is 9.21. The molecule has 1 fully saturated rings. The second-order valence-electron chi connectivity index (χ2n) is 7.14. The molecule has 11 heteroatoms. The molecule has 29 heavy (non-hydrogen) atoms. The second-order valence-corrected chi connectivity index (χ2v) is 11.3. The van der Waals surface area contributed by atoms with Gasteiger partial charge in [0.2, 0.25) is 10.0 Å². The summed E-state index contributed by atoms with van der Waals surface area (Å²) in [5, 5.41) is 2.59. The van der Waals surface area contributed by atoms with Crippen LogP contribution in [0.1, 0.15) is 37.6 Å². The summed E-state index contributed by atoms with van der Waals surface area (Å²) in [6, 6.07) is 5.27. The van der Waals surface area contributed by atoms with Crippen LogP contribution < -0.4 is 5.32 Å². The Labute approximate surface area is 171 Å². The van der Waals surface area contributed by atoms with Gasteiger partial charge in [0.25, 0.3) is 5.91 Å². The van der Waals surface area contributed by atoms with Crippen LogP contribution in [0.4, 0.5) is 0 Å². The van der Waals surface area contributed by atoms with E-state index in [4.69, 9.17) is 4.74 Å². The van der Waals surface area contributed by atoms with Gasteiger partial charge in [-0.05, 0) is 37.6 Å². The average Bonchev–Trinajstić information content (AvgIpc) is 2.93. The maximum Gasteiger partial charge on any atom is 0.338 e. The Morgan fingerprint density at radius 3 is 2.24 bits per heavy atom. The van der Waals surface area contributed by atoms with Gasteiger partial charge in [-0.15, -0.1) is 0 Å². The number of nitrogens with one attached hydrogen (secondary N) is 1. The van der Waals surface area contributed by atoms with E-state index in [1.807, 2.05) is 0 Å². The third kappa shape index (κ3) is 5.77. The maximum absolute atomic E-state index is 12.4. The van der Waals surface area contributed by atoms with E-state index < -0.39 is 43.9 Å². The smallest absolute Gasteiger partial charge is 0.338 e. The summed E-state index contributed by atoms with van der Waals surface area (Å²) >= 11 is 0. The highest BCUT2D eigenvalue weighted by atomic mass is 32.2. The van der Waals surface area contributed by atoms with Gasteiger partial charge in [-0.25, -0.2) is 21.6 Å². The van der Waals surface area contributed by atoms with E-state index in [1.54, 1.807) is 20.8 Å². The lowest BCUT2D eigenvalue weighted by atomic mass is 10.0. The lowest BCUT2D eigenvalue weighted by molar-refractivity contribution is -0.125. The van der Waals surface area contributed by atoms with Crippen LogP contribution in [0.15, 0.2) is 29.2 Å². The number of hydrogen-bond donors (Lipinski definition) is 1. The number of esters is 1. The first kappa shape index (κ1) is 23.3. The molecule has 0 bridgehead atoms. The quantitative estimate of drug-likeness (QED) is 0.578. The van der Waals surface area contributed by atoms with Crippen LogP contribution in [-0.2, 0) is 29.4 Å². The number of hydrogen-bond acceptors (Lipinski definition) is 7. The van der Waals surface area contributed by atoms with E-state index in [9.17, 15) is 26.4 Å². The van der Waals surface area contributed by atoms with Crippen molar-refractivity contribution in [2.24, 2.45) is 0 Å². The Morgan fingerprint density at radius 2 is 1.76 bits per heavy atom. The third-order valence-electron chi connectivity index (χ3n) is 4.71. The van der Waals surface area contributed by atoms with Crippen molar-refractivity contribution in [1.82, 2.24) is 9.62 Å². The average molecular weight is 447 g/mol. The first-order chi connectivity index (χ1) is 13.4. The normalized spacial score (nSPS) is 21.1. The number of nitrogens with zero attached hydrogens (tertiary/aromatic N) is 1. The zero-order valence-electron chi connectivity index (χ0n) is 16.7. The fourth-order valence-corrected chi connectivity index (χ4v) is 6.72. The summed E-state index contributed by atoms with van der Waals surface area (Å²) in [7, 11) is -6.81. The van der Waals surface area contributed by atoms with Crippen molar-refractivity contribution in [1.29, 1.82) is 0 Å². The van der Waals surface area contributed by atoms with Gasteiger partial charge < -0.3 is 10.1 Å². The highest BCUT2D eigenvalue weighted by Gasteiger charge is 2.39. The Kier molecular flexibility index (Phi) is 7.07. The fraction of sp³-hybridized carbons (Fsp3) is 0.556. The van der Waals surface area contributed by atoms with Crippen molar-refractivity contribution in [3.63, 3.8) is 0 Å². The molecule has 1 aliphatic rings. The summed E-state index contributed by atoms with van der Waals surface area (Å²) in [6.07, 6.45) is 0.303. The molecule has 0 aromatic heterocycles. The number of rotatable bonds is 8. The summed E-state index contributed by atoms with van der Waals surface area (Å²) in [6.45, 7) is 5.20. The maximum atomic E-state index is 12.4. The summed E-state index contributed by atoms with van der Waals surface area (Å²) in [5.41, 5.74) is -0.770. The predicted molar refractivity (Wildman–Crippen MR) is 107 cm³/mol. The molecule has 0 aliphatic carbocycles. The van der Waals surface area contributed by atoms with Gasteiger partial charge in [0, 0.05) is 13.1 Å². The molecule has 1 heterocycles. The molecule has 1 unspecified atom stereocenters. The third-order valence-corrected chi connectivity index (χ3v) is 8.68. The van der Waals surface area contributed by atoms with Crippen molar-refractivity contribution in [3.8, 4) is 0 Å². The second kappa shape index (κ2) is 8.80. The van der Waals surface area contributed by atoms with Gasteiger partial charge in [-0.2, -0.15) is 4.31 Å². The molecule has 1 aromatic rings. The van der Waals surface area contributed by atoms with Crippen molar-refractivity contribution in [3.05, 3.63) is 29.8 Å². The molecule has 1 N–H and O–H groups in total. The number of sulfonamides is 1. The van der Waals surface area contributed by atoms with E-state index in [2.05, 4.69) is 5.32 Å². The van der Waals surface area contributed by atoms with Gasteiger partial charge in [0.1, 0.15) is 0 Å². The minimum atomic E-state index is -3.63. The molecule has 0 saturated carbocycles. The van der Waals surface area contributed by atoms with E-state index in [-0.39, 0.29) is 22.0 Å². The van der Waals surface area contributed by atoms with Gasteiger partial charge in [0.05, 0.1) is 27.5 Å². The van der Waals surface area contributed by atoms with E-state index in [0.29, 0.717) is 19.5 Å². The van der Waals surface area contributed by atoms with Gasteiger partial charge in [-0.3, -0.25) is 4.79 Å². The lowest BCUT2D eigenvalue weighted by Gasteiger charge is -2.23. The van der Waals surface area contributed by atoms with Gasteiger partial charge in [0.15, 0.2) is 16.4 Å². The van der Waals surface area contributed by atoms with E-state index in [1.165, 1.54) is 28.6 Å². The molecule has 0 radical (unpaired) electrons. The van der Waals surface area contributed by atoms with E-state index in [0.717, 1.165) is 0 Å². The molecule has 1 aliphatic heterocycles. The molecule has 162 valence electrons. The van der Waals surface area contributed by atoms with Crippen LogP contribution in [0, 0.1) is 0 Å². The molecular formula is C18H26N2O7S2. The number of benzene rings is 1. The molecule has 0 spiro atoms. The van der Waals surface area contributed by atoms with Crippen LogP contribution in [0.3, 0.4) is 0 Å². The van der Waals surface area contributed by atoms with Gasteiger partial charge in [-0.1, -0.05) is 13.8 Å². The predicted octanol–water partition coefficient (Wildman–Crippen LogP) is 0.567. The fourth-order valence-electron chi connectivity index (χ4n) is 3.17. The molecule has 1 amide bonds. The van der Waals surface area contributed by atoms with E-state index >= 15 is 0 Å². The SMILES string of the molecule is CCN(CC)S(=O)(=O)c1ccc(C(=O)OCC(=O)NC2(C)CCS(=O)(=O)C2)cc1. The minimum absolute atomic E-state index is 0.00627. The van der Waals surface area contributed by atoms with Crippen molar-refractivity contribution in [2.75, 3.05) is 31.2 Å². The summed E-state index contributed by atoms with van der Waals surface area (Å²) in [5.74, 6) is -1.52. The molecular weight excluding hydrogens is 420 g/mol. The van der Waals surface area contributed by atoms with Gasteiger partial charge >= 0.3 is 5.97 Å². The zero-order chi connectivity index (χ0) is 21.9. The van der Waals surface area contributed by atoms with Crippen molar-refractivity contribution in [2.45, 2.75) is 37.6 Å². The van der Waals surface area contributed by atoms with Crippen molar-refractivity contribution >= 4 is 31.7 Å². The Bertz CT molecular complexity index is 968. The molecule has 1 atom stereocenters. The first-order valence-corrected chi connectivity index (χ1v) is 12.5. The van der Waals surface area contributed by atoms with Crippen LogP contribution in [0.25, 0.3) is 0 Å². The number of ether oxygens (including phenoxy) is 1. The molecule has 2 rings (SSSR count). The standard InChI is InChI=1S/C18H26N2O7S2/c1-4-20(5-2)29(25,26)15-8-6-14(7-9-15)17(22)27-12-16(21)19-18(3)10-11-28(23,24)13-18/h6-9H,4-5,10-13H2,1-3H3,(H,19,21). The Morgan fingerprint density at radius 1 is 1.17 bits per heavy atom. The highest BCUT2D eigenvalue weighted by molar-refractivity contribution is 7.91. The number of carbonyl (C=O) groups is 2. The monoisotopic (exact) mass is 446 g/mol. The van der Waals surface area contributed by atoms with Crippen LogP contribution in [-0.4, -0.2) is 69.8 Å². The lowest BCUT2D eigenvalue weighted by Crippen LogP contribution is -2.48. The minimum Gasteiger partial charge on any atom is -0.452 e. The van der Waals surface area contributed by atoms with Crippen molar-refractivity contribution < 1.29 is 31.2 Å². The molecule has 1 aromatic carbocycles. The van der Waals surface area contributed by atoms with Crippen LogP contribution >= 0.6 is 0 Å². The molecule has 1 saturated heterocycles. The van der Waals surface area contributed by atoms with Crippen LogP contribution in [0.5, 0.6) is 0 Å².